The summed E-state index contributed by atoms with van der Waals surface area (Å²) < 4.78 is 5.92. The Morgan fingerprint density at radius 1 is 1.05 bits per heavy atom. The lowest BCUT2D eigenvalue weighted by Crippen LogP contribution is -2.47. The molecule has 1 heterocycles. The molecule has 1 aromatic rings. The number of nitrogens with zero attached hydrogens (tertiary/aromatic N) is 1. The monoisotopic (exact) mass is 258 g/mol. The first-order chi connectivity index (χ1) is 9.28. The highest BCUT2D eigenvalue weighted by molar-refractivity contribution is 5.35. The molecule has 3 heteroatoms. The van der Waals surface area contributed by atoms with Gasteiger partial charge in [-0.3, -0.25) is 0 Å². The third-order valence-corrected chi connectivity index (χ3v) is 5.60. The van der Waals surface area contributed by atoms with Crippen molar-refractivity contribution >= 4 is 5.69 Å². The number of pyridine rings is 1. The standard InChI is InChI=1S/C16H22N2O/c17-14-1-2-16(18-8-14)19-9-15-12-4-10-3-11(6-12)7-13(15)5-10/h1-2,8,10-13,15H,3-7,9,17H2. The van der Waals surface area contributed by atoms with Gasteiger partial charge in [-0.1, -0.05) is 0 Å². The van der Waals surface area contributed by atoms with Crippen molar-refractivity contribution in [2.45, 2.75) is 32.1 Å². The van der Waals surface area contributed by atoms with Crippen LogP contribution in [0.5, 0.6) is 5.88 Å². The number of nitrogens with two attached hydrogens (primary N) is 1. The molecule has 4 saturated carbocycles. The fourth-order valence-electron chi connectivity index (χ4n) is 4.97. The Balaban J connectivity index is 1.42. The van der Waals surface area contributed by atoms with E-state index in [2.05, 4.69) is 4.98 Å². The largest absolute Gasteiger partial charge is 0.477 e. The molecule has 102 valence electrons. The molecule has 0 radical (unpaired) electrons. The van der Waals surface area contributed by atoms with Crippen molar-refractivity contribution in [3.8, 4) is 5.88 Å². The van der Waals surface area contributed by atoms with Crippen LogP contribution in [0.3, 0.4) is 0 Å². The van der Waals surface area contributed by atoms with E-state index in [9.17, 15) is 0 Å². The van der Waals surface area contributed by atoms with Crippen molar-refractivity contribution in [3.05, 3.63) is 18.3 Å². The van der Waals surface area contributed by atoms with E-state index < -0.39 is 0 Å². The summed E-state index contributed by atoms with van der Waals surface area (Å²) in [5.41, 5.74) is 6.34. The number of hydrogen-bond donors (Lipinski definition) is 1. The van der Waals surface area contributed by atoms with Gasteiger partial charge in [0.25, 0.3) is 0 Å². The van der Waals surface area contributed by atoms with Gasteiger partial charge in [0.2, 0.25) is 5.88 Å². The van der Waals surface area contributed by atoms with Crippen LogP contribution >= 0.6 is 0 Å². The molecular formula is C16H22N2O. The van der Waals surface area contributed by atoms with E-state index in [0.717, 1.165) is 42.1 Å². The summed E-state index contributed by atoms with van der Waals surface area (Å²) >= 11 is 0. The number of rotatable bonds is 3. The third kappa shape index (κ3) is 2.09. The van der Waals surface area contributed by atoms with Crippen molar-refractivity contribution in [1.29, 1.82) is 0 Å². The maximum Gasteiger partial charge on any atom is 0.213 e. The lowest BCUT2D eigenvalue weighted by Gasteiger charge is -2.54. The number of nitrogen functional groups attached to an aromatic ring is 1. The Bertz CT molecular complexity index is 428. The Morgan fingerprint density at radius 2 is 1.74 bits per heavy atom. The summed E-state index contributed by atoms with van der Waals surface area (Å²) in [7, 11) is 0. The number of ether oxygens (including phenoxy) is 1. The van der Waals surface area contributed by atoms with Gasteiger partial charge in [-0.25, -0.2) is 4.98 Å². The molecule has 5 rings (SSSR count). The van der Waals surface area contributed by atoms with Crippen LogP contribution in [0, 0.1) is 29.6 Å². The summed E-state index contributed by atoms with van der Waals surface area (Å²) in [5.74, 6) is 5.41. The number of anilines is 1. The van der Waals surface area contributed by atoms with E-state index in [1.807, 2.05) is 12.1 Å². The van der Waals surface area contributed by atoms with E-state index in [1.54, 1.807) is 6.20 Å². The van der Waals surface area contributed by atoms with E-state index in [1.165, 1.54) is 32.1 Å². The molecule has 0 saturated heterocycles. The van der Waals surface area contributed by atoms with Gasteiger partial charge in [0.05, 0.1) is 18.5 Å². The lowest BCUT2D eigenvalue weighted by molar-refractivity contribution is -0.0534. The molecule has 4 bridgehead atoms. The van der Waals surface area contributed by atoms with E-state index in [-0.39, 0.29) is 0 Å². The van der Waals surface area contributed by atoms with Crippen LogP contribution < -0.4 is 10.5 Å². The minimum Gasteiger partial charge on any atom is -0.477 e. The predicted molar refractivity (Wildman–Crippen MR) is 74.7 cm³/mol. The topological polar surface area (TPSA) is 48.1 Å². The highest BCUT2D eigenvalue weighted by Gasteiger charge is 2.48. The zero-order valence-electron chi connectivity index (χ0n) is 11.3. The average molecular weight is 258 g/mol. The summed E-state index contributed by atoms with van der Waals surface area (Å²) in [5, 5.41) is 0. The summed E-state index contributed by atoms with van der Waals surface area (Å²) in [4.78, 5) is 4.23. The first kappa shape index (κ1) is 11.6. The smallest absolute Gasteiger partial charge is 0.213 e. The van der Waals surface area contributed by atoms with Gasteiger partial charge in [0, 0.05) is 6.07 Å². The molecule has 0 amide bonds. The molecule has 0 unspecified atom stereocenters. The highest BCUT2D eigenvalue weighted by atomic mass is 16.5. The van der Waals surface area contributed by atoms with E-state index in [0.29, 0.717) is 5.69 Å². The Morgan fingerprint density at radius 3 is 2.32 bits per heavy atom. The van der Waals surface area contributed by atoms with Crippen LogP contribution in [-0.2, 0) is 0 Å². The molecule has 1 aromatic heterocycles. The molecule has 0 spiro atoms. The summed E-state index contributed by atoms with van der Waals surface area (Å²) in [6.45, 7) is 0.853. The van der Waals surface area contributed by atoms with Gasteiger partial charge < -0.3 is 10.5 Å². The number of hydrogen-bond acceptors (Lipinski definition) is 3. The van der Waals surface area contributed by atoms with Crippen LogP contribution in [-0.4, -0.2) is 11.6 Å². The molecule has 0 atom stereocenters. The molecule has 4 aliphatic rings. The van der Waals surface area contributed by atoms with Crippen molar-refractivity contribution in [2.24, 2.45) is 29.6 Å². The van der Waals surface area contributed by atoms with Crippen LogP contribution in [0.4, 0.5) is 5.69 Å². The fraction of sp³-hybridized carbons (Fsp3) is 0.688. The van der Waals surface area contributed by atoms with Gasteiger partial charge >= 0.3 is 0 Å². The Kier molecular flexibility index (Phi) is 2.68. The number of aromatic nitrogens is 1. The van der Waals surface area contributed by atoms with Gasteiger partial charge in [0.1, 0.15) is 0 Å². The van der Waals surface area contributed by atoms with Crippen LogP contribution in [0.25, 0.3) is 0 Å². The van der Waals surface area contributed by atoms with Gasteiger partial charge in [0.15, 0.2) is 0 Å². The zero-order valence-corrected chi connectivity index (χ0v) is 11.3. The molecule has 0 aliphatic heterocycles. The van der Waals surface area contributed by atoms with Crippen molar-refractivity contribution in [1.82, 2.24) is 4.98 Å². The minimum atomic E-state index is 0.696. The predicted octanol–water partition coefficient (Wildman–Crippen LogP) is 3.11. The van der Waals surface area contributed by atoms with Crippen molar-refractivity contribution in [3.63, 3.8) is 0 Å². The van der Waals surface area contributed by atoms with Crippen LogP contribution in [0.15, 0.2) is 18.3 Å². The molecular weight excluding hydrogens is 236 g/mol. The van der Waals surface area contributed by atoms with E-state index in [4.69, 9.17) is 10.5 Å². The first-order valence-electron chi connectivity index (χ1n) is 7.62. The second-order valence-corrected chi connectivity index (χ2v) is 6.84. The molecule has 19 heavy (non-hydrogen) atoms. The zero-order chi connectivity index (χ0) is 12.8. The maximum atomic E-state index is 5.92. The maximum absolute atomic E-state index is 5.92. The summed E-state index contributed by atoms with van der Waals surface area (Å²) in [6, 6.07) is 3.74. The molecule has 0 aromatic carbocycles. The van der Waals surface area contributed by atoms with Gasteiger partial charge in [-0.05, 0) is 67.8 Å². The quantitative estimate of drug-likeness (QED) is 0.906. The second-order valence-electron chi connectivity index (χ2n) is 6.84. The van der Waals surface area contributed by atoms with Crippen LogP contribution in [0.2, 0.25) is 0 Å². The minimum absolute atomic E-state index is 0.696. The molecule has 4 aliphatic carbocycles. The SMILES string of the molecule is Nc1ccc(OCC2C3CC4CC(C3)CC2C4)nc1. The normalized spacial score (nSPS) is 39.5. The van der Waals surface area contributed by atoms with Gasteiger partial charge in [-0.2, -0.15) is 0 Å². The van der Waals surface area contributed by atoms with Crippen molar-refractivity contribution < 1.29 is 4.74 Å². The molecule has 4 fully saturated rings. The van der Waals surface area contributed by atoms with E-state index >= 15 is 0 Å². The highest BCUT2D eigenvalue weighted by Crippen LogP contribution is 2.56. The lowest BCUT2D eigenvalue weighted by atomic mass is 9.52. The second kappa shape index (κ2) is 4.39. The van der Waals surface area contributed by atoms with Crippen molar-refractivity contribution in [2.75, 3.05) is 12.3 Å². The van der Waals surface area contributed by atoms with Crippen LogP contribution in [0.1, 0.15) is 32.1 Å². The fourth-order valence-corrected chi connectivity index (χ4v) is 4.97. The third-order valence-electron chi connectivity index (χ3n) is 5.60. The first-order valence-corrected chi connectivity index (χ1v) is 7.62. The Hall–Kier alpha value is -1.25. The van der Waals surface area contributed by atoms with Gasteiger partial charge in [-0.15, -0.1) is 0 Å². The molecule has 3 nitrogen and oxygen atoms in total. The average Bonchev–Trinajstić information content (AvgIpc) is 2.39. The Labute approximate surface area is 114 Å². The summed E-state index contributed by atoms with van der Waals surface area (Å²) in [6.07, 6.45) is 9.01. The molecule has 2 N–H and O–H groups in total.